The van der Waals surface area contributed by atoms with Gasteiger partial charge in [0.05, 0.1) is 18.6 Å². The van der Waals surface area contributed by atoms with Gasteiger partial charge in [-0.3, -0.25) is 4.79 Å². The molecule has 6 heteroatoms. The first-order valence-electron chi connectivity index (χ1n) is 5.39. The van der Waals surface area contributed by atoms with Crippen molar-refractivity contribution in [2.75, 3.05) is 13.6 Å². The molecule has 6 nitrogen and oxygen atoms in total. The van der Waals surface area contributed by atoms with Crippen molar-refractivity contribution in [1.29, 1.82) is 0 Å². The number of hydrogen-bond acceptors (Lipinski definition) is 4. The summed E-state index contributed by atoms with van der Waals surface area (Å²) in [5.41, 5.74) is -0.616. The third-order valence-corrected chi connectivity index (χ3v) is 2.13. The van der Waals surface area contributed by atoms with Crippen LogP contribution in [0.3, 0.4) is 0 Å². The number of carbonyl (C=O) groups is 2. The van der Waals surface area contributed by atoms with E-state index in [2.05, 4.69) is 0 Å². The number of aliphatic hydroxyl groups excluding tert-OH is 1. The van der Waals surface area contributed by atoms with Crippen LogP contribution in [-0.4, -0.2) is 52.5 Å². The standard InChI is InChI=1S/C11H21NO5/c1-7(9(14)15)8(13)6-12(5)10(16)17-11(2,3)4/h7-8,13H,6H2,1-5H3,(H,14,15)/t7-,8-/m0/s1. The molecule has 2 atom stereocenters. The Bertz CT molecular complexity index is 284. The summed E-state index contributed by atoms with van der Waals surface area (Å²) >= 11 is 0. The van der Waals surface area contributed by atoms with Gasteiger partial charge in [-0.15, -0.1) is 0 Å². The molecule has 2 N–H and O–H groups in total. The number of aliphatic carboxylic acids is 1. The molecule has 0 aromatic heterocycles. The minimum absolute atomic E-state index is 0.0810. The van der Waals surface area contributed by atoms with Gasteiger partial charge in [0, 0.05) is 7.05 Å². The van der Waals surface area contributed by atoms with Gasteiger partial charge in [0.2, 0.25) is 0 Å². The first kappa shape index (κ1) is 15.7. The number of ether oxygens (including phenoxy) is 1. The maximum absolute atomic E-state index is 11.5. The second-order valence-corrected chi connectivity index (χ2v) is 5.06. The summed E-state index contributed by atoms with van der Waals surface area (Å²) in [5.74, 6) is -2.03. The van der Waals surface area contributed by atoms with E-state index in [1.807, 2.05) is 0 Å². The molecule has 0 saturated carbocycles. The third-order valence-electron chi connectivity index (χ3n) is 2.13. The summed E-state index contributed by atoms with van der Waals surface area (Å²) in [6, 6.07) is 0. The largest absolute Gasteiger partial charge is 0.481 e. The zero-order valence-corrected chi connectivity index (χ0v) is 10.9. The van der Waals surface area contributed by atoms with Crippen molar-refractivity contribution < 1.29 is 24.5 Å². The molecule has 0 saturated heterocycles. The molecule has 0 fully saturated rings. The molecule has 0 rings (SSSR count). The fourth-order valence-corrected chi connectivity index (χ4v) is 1.02. The molecular formula is C11H21NO5. The zero-order chi connectivity index (χ0) is 13.8. The molecule has 0 spiro atoms. The van der Waals surface area contributed by atoms with Crippen molar-refractivity contribution in [3.63, 3.8) is 0 Å². The van der Waals surface area contributed by atoms with E-state index in [0.717, 1.165) is 4.90 Å². The van der Waals surface area contributed by atoms with Crippen molar-refractivity contribution in [3.05, 3.63) is 0 Å². The number of amides is 1. The molecule has 0 bridgehead atoms. The van der Waals surface area contributed by atoms with Crippen LogP contribution in [0.15, 0.2) is 0 Å². The van der Waals surface area contributed by atoms with E-state index >= 15 is 0 Å². The Kier molecular flexibility index (Phi) is 5.41. The summed E-state index contributed by atoms with van der Waals surface area (Å²) < 4.78 is 5.07. The van der Waals surface area contributed by atoms with Crippen molar-refractivity contribution in [3.8, 4) is 0 Å². The molecular weight excluding hydrogens is 226 g/mol. The third kappa shape index (κ3) is 6.11. The van der Waals surface area contributed by atoms with E-state index < -0.39 is 29.7 Å². The monoisotopic (exact) mass is 247 g/mol. The van der Waals surface area contributed by atoms with Crippen LogP contribution in [-0.2, 0) is 9.53 Å². The van der Waals surface area contributed by atoms with Gasteiger partial charge in [-0.25, -0.2) is 4.79 Å². The minimum atomic E-state index is -1.12. The second-order valence-electron chi connectivity index (χ2n) is 5.06. The van der Waals surface area contributed by atoms with E-state index in [1.165, 1.54) is 14.0 Å². The van der Waals surface area contributed by atoms with Crippen LogP contribution in [0.25, 0.3) is 0 Å². The van der Waals surface area contributed by atoms with Crippen LogP contribution in [0.5, 0.6) is 0 Å². The Morgan fingerprint density at radius 2 is 1.82 bits per heavy atom. The second kappa shape index (κ2) is 5.86. The van der Waals surface area contributed by atoms with Crippen molar-refractivity contribution in [2.45, 2.75) is 39.4 Å². The molecule has 100 valence electrons. The lowest BCUT2D eigenvalue weighted by Crippen LogP contribution is -2.41. The number of carbonyl (C=O) groups excluding carboxylic acids is 1. The van der Waals surface area contributed by atoms with E-state index in [4.69, 9.17) is 9.84 Å². The Morgan fingerprint density at radius 3 is 2.18 bits per heavy atom. The highest BCUT2D eigenvalue weighted by Crippen LogP contribution is 2.11. The number of rotatable bonds is 4. The molecule has 0 aliphatic carbocycles. The lowest BCUT2D eigenvalue weighted by molar-refractivity contribution is -0.145. The fraction of sp³-hybridized carbons (Fsp3) is 0.818. The number of carboxylic acids is 1. The van der Waals surface area contributed by atoms with Crippen LogP contribution in [0.2, 0.25) is 0 Å². The molecule has 0 aromatic rings. The molecule has 0 unspecified atom stereocenters. The van der Waals surface area contributed by atoms with Gasteiger partial charge in [0.25, 0.3) is 0 Å². The zero-order valence-electron chi connectivity index (χ0n) is 10.9. The summed E-state index contributed by atoms with van der Waals surface area (Å²) in [6.07, 6.45) is -1.71. The van der Waals surface area contributed by atoms with Gasteiger partial charge in [-0.05, 0) is 27.7 Å². The molecule has 0 radical (unpaired) electrons. The summed E-state index contributed by atoms with van der Waals surface area (Å²) in [7, 11) is 1.45. The van der Waals surface area contributed by atoms with Gasteiger partial charge in [-0.1, -0.05) is 0 Å². The van der Waals surface area contributed by atoms with Crippen molar-refractivity contribution >= 4 is 12.1 Å². The maximum Gasteiger partial charge on any atom is 0.410 e. The van der Waals surface area contributed by atoms with Gasteiger partial charge >= 0.3 is 12.1 Å². The van der Waals surface area contributed by atoms with Gasteiger partial charge < -0.3 is 19.8 Å². The van der Waals surface area contributed by atoms with Crippen LogP contribution in [0.4, 0.5) is 4.79 Å². The highest BCUT2D eigenvalue weighted by atomic mass is 16.6. The number of hydrogen-bond donors (Lipinski definition) is 2. The van der Waals surface area contributed by atoms with E-state index in [0.29, 0.717) is 0 Å². The number of likely N-dealkylation sites (N-methyl/N-ethyl adjacent to an activating group) is 1. The summed E-state index contributed by atoms with van der Waals surface area (Å²) in [6.45, 7) is 6.50. The highest BCUT2D eigenvalue weighted by Gasteiger charge is 2.26. The average Bonchev–Trinajstić information content (AvgIpc) is 2.13. The predicted molar refractivity (Wildman–Crippen MR) is 61.7 cm³/mol. The highest BCUT2D eigenvalue weighted by molar-refractivity contribution is 5.71. The molecule has 1 amide bonds. The van der Waals surface area contributed by atoms with Crippen LogP contribution >= 0.6 is 0 Å². The lowest BCUT2D eigenvalue weighted by Gasteiger charge is -2.26. The summed E-state index contributed by atoms with van der Waals surface area (Å²) in [5, 5.41) is 18.3. The minimum Gasteiger partial charge on any atom is -0.481 e. The van der Waals surface area contributed by atoms with Crippen LogP contribution in [0.1, 0.15) is 27.7 Å². The van der Waals surface area contributed by atoms with E-state index in [9.17, 15) is 14.7 Å². The van der Waals surface area contributed by atoms with Crippen molar-refractivity contribution in [1.82, 2.24) is 4.90 Å². The Balaban J connectivity index is 4.30. The number of aliphatic hydroxyl groups is 1. The van der Waals surface area contributed by atoms with Gasteiger partial charge in [0.15, 0.2) is 0 Å². The van der Waals surface area contributed by atoms with Crippen LogP contribution in [0, 0.1) is 5.92 Å². The summed E-state index contributed by atoms with van der Waals surface area (Å²) in [4.78, 5) is 23.3. The van der Waals surface area contributed by atoms with Crippen molar-refractivity contribution in [2.24, 2.45) is 5.92 Å². The Morgan fingerprint density at radius 1 is 1.35 bits per heavy atom. The SMILES string of the molecule is C[C@H](C(=O)O)[C@@H](O)CN(C)C(=O)OC(C)(C)C. The Labute approximate surface area is 101 Å². The van der Waals surface area contributed by atoms with E-state index in [1.54, 1.807) is 20.8 Å². The Hall–Kier alpha value is -1.30. The smallest absolute Gasteiger partial charge is 0.410 e. The predicted octanol–water partition coefficient (Wildman–Crippen LogP) is 0.935. The molecule has 0 aromatic carbocycles. The number of carboxylic acid groups (broad SMARTS) is 1. The van der Waals surface area contributed by atoms with Gasteiger partial charge in [-0.2, -0.15) is 0 Å². The average molecular weight is 247 g/mol. The normalized spacial score (nSPS) is 14.9. The fourth-order valence-electron chi connectivity index (χ4n) is 1.02. The number of nitrogens with zero attached hydrogens (tertiary/aromatic N) is 1. The van der Waals surface area contributed by atoms with E-state index in [-0.39, 0.29) is 6.54 Å². The molecule has 0 aliphatic heterocycles. The molecule has 0 aliphatic rings. The lowest BCUT2D eigenvalue weighted by atomic mass is 10.1. The first-order valence-corrected chi connectivity index (χ1v) is 5.39. The maximum atomic E-state index is 11.5. The molecule has 0 heterocycles. The topological polar surface area (TPSA) is 87.1 Å². The quantitative estimate of drug-likeness (QED) is 0.771. The van der Waals surface area contributed by atoms with Gasteiger partial charge in [0.1, 0.15) is 5.60 Å². The first-order chi connectivity index (χ1) is 7.54. The van der Waals surface area contributed by atoms with Crippen LogP contribution < -0.4 is 0 Å². The molecule has 17 heavy (non-hydrogen) atoms.